The molecule has 1 aliphatic rings. The fourth-order valence-corrected chi connectivity index (χ4v) is 6.44. The molecule has 1 aliphatic heterocycles. The summed E-state index contributed by atoms with van der Waals surface area (Å²) in [5.41, 5.74) is 0.602. The van der Waals surface area contributed by atoms with Crippen molar-refractivity contribution in [1.82, 2.24) is 20.3 Å². The van der Waals surface area contributed by atoms with E-state index >= 15 is 4.39 Å². The van der Waals surface area contributed by atoms with Gasteiger partial charge in [0.15, 0.2) is 5.82 Å². The van der Waals surface area contributed by atoms with Crippen LogP contribution >= 0.6 is 0 Å². The normalized spacial score (nSPS) is 17.5. The Balaban J connectivity index is 1.50. The summed E-state index contributed by atoms with van der Waals surface area (Å²) < 4.78 is 77.2. The second-order valence-electron chi connectivity index (χ2n) is 10.8. The molecule has 0 unspecified atom stereocenters. The Bertz CT molecular complexity index is 1740. The molecule has 2 aromatic heterocycles. The molecule has 9 nitrogen and oxygen atoms in total. The van der Waals surface area contributed by atoms with Gasteiger partial charge in [-0.25, -0.2) is 36.5 Å². The third-order valence-corrected chi connectivity index (χ3v) is 8.63. The summed E-state index contributed by atoms with van der Waals surface area (Å²) >= 11 is 0. The van der Waals surface area contributed by atoms with Crippen LogP contribution in [0.4, 0.5) is 24.8 Å². The van der Waals surface area contributed by atoms with Crippen LogP contribution in [0.1, 0.15) is 32.3 Å². The molecular weight excluding hydrogens is 581 g/mol. The Morgan fingerprint density at radius 1 is 1.07 bits per heavy atom. The van der Waals surface area contributed by atoms with Crippen LogP contribution in [0.2, 0.25) is 0 Å². The largest absolute Gasteiger partial charge is 0.437 e. The van der Waals surface area contributed by atoms with Crippen molar-refractivity contribution in [2.24, 2.45) is 5.92 Å². The zero-order chi connectivity index (χ0) is 30.8. The number of nitrogens with zero attached hydrogens (tertiary/aromatic N) is 3. The Kier molecular flexibility index (Phi) is 8.74. The lowest BCUT2D eigenvalue weighted by atomic mass is 9.98. The summed E-state index contributed by atoms with van der Waals surface area (Å²) in [5, 5.41) is 7.27. The molecule has 1 saturated heterocycles. The molecule has 0 spiro atoms. The second kappa shape index (κ2) is 12.3. The van der Waals surface area contributed by atoms with Crippen molar-refractivity contribution < 1.29 is 26.3 Å². The quantitative estimate of drug-likeness (QED) is 0.195. The van der Waals surface area contributed by atoms with Crippen LogP contribution in [0.5, 0.6) is 11.6 Å². The van der Waals surface area contributed by atoms with Crippen molar-refractivity contribution in [2.75, 3.05) is 28.9 Å². The van der Waals surface area contributed by atoms with Crippen molar-refractivity contribution in [2.45, 2.75) is 45.6 Å². The standard InChI is InChI=1S/C30H33F3N6O3S/c1-4-30(32,33)17-43(40,41)39-26-21-8-5-6-9-22(21)27(19(3)25(26)31)42-28-23(10-7-12-35-28)24-11-13-36-29(38-24)37-20-14-18(2)15-34-16-20/h5-13,18,20,34,39H,4,14-17H2,1-3H3,(H,36,37,38)/t18-,20+/m1/s1. The van der Waals surface area contributed by atoms with Gasteiger partial charge in [0.2, 0.25) is 21.9 Å². The van der Waals surface area contributed by atoms with Crippen molar-refractivity contribution >= 4 is 32.4 Å². The van der Waals surface area contributed by atoms with E-state index in [1.807, 2.05) is 4.72 Å². The van der Waals surface area contributed by atoms with E-state index in [1.165, 1.54) is 26.1 Å². The molecule has 2 atom stereocenters. The third-order valence-electron chi connectivity index (χ3n) is 7.31. The van der Waals surface area contributed by atoms with Crippen LogP contribution in [0.3, 0.4) is 0 Å². The van der Waals surface area contributed by atoms with Crippen molar-refractivity contribution in [3.8, 4) is 22.9 Å². The molecule has 13 heteroatoms. The van der Waals surface area contributed by atoms with Gasteiger partial charge in [-0.1, -0.05) is 38.1 Å². The van der Waals surface area contributed by atoms with E-state index in [1.54, 1.807) is 42.6 Å². The second-order valence-corrected chi connectivity index (χ2v) is 12.5. The number of benzene rings is 2. The van der Waals surface area contributed by atoms with E-state index in [0.29, 0.717) is 28.5 Å². The molecule has 0 amide bonds. The van der Waals surface area contributed by atoms with Crippen molar-refractivity contribution in [1.29, 1.82) is 0 Å². The molecule has 3 heterocycles. The highest BCUT2D eigenvalue weighted by Gasteiger charge is 2.34. The Morgan fingerprint density at radius 2 is 1.84 bits per heavy atom. The zero-order valence-corrected chi connectivity index (χ0v) is 24.8. The van der Waals surface area contributed by atoms with Gasteiger partial charge in [-0.3, -0.25) is 4.72 Å². The topological polar surface area (TPSA) is 118 Å². The minimum absolute atomic E-state index is 0.0285. The average molecular weight is 615 g/mol. The number of halogens is 3. The number of sulfonamides is 1. The first-order valence-electron chi connectivity index (χ1n) is 14.0. The summed E-state index contributed by atoms with van der Waals surface area (Å²) in [6.45, 7) is 6.54. The smallest absolute Gasteiger partial charge is 0.263 e. The highest BCUT2D eigenvalue weighted by molar-refractivity contribution is 7.92. The van der Waals surface area contributed by atoms with Gasteiger partial charge in [-0.2, -0.15) is 0 Å². The molecule has 0 radical (unpaired) electrons. The zero-order valence-electron chi connectivity index (χ0n) is 24.0. The van der Waals surface area contributed by atoms with Gasteiger partial charge >= 0.3 is 0 Å². The molecule has 0 aliphatic carbocycles. The average Bonchev–Trinajstić information content (AvgIpc) is 2.97. The fourth-order valence-electron chi connectivity index (χ4n) is 5.10. The van der Waals surface area contributed by atoms with Crippen LogP contribution < -0.4 is 20.1 Å². The Hall–Kier alpha value is -3.97. The third kappa shape index (κ3) is 6.99. The summed E-state index contributed by atoms with van der Waals surface area (Å²) in [6, 6.07) is 11.8. The van der Waals surface area contributed by atoms with E-state index in [2.05, 4.69) is 32.5 Å². The molecule has 228 valence electrons. The van der Waals surface area contributed by atoms with E-state index in [-0.39, 0.29) is 28.6 Å². The molecule has 5 rings (SSSR count). The predicted molar refractivity (Wildman–Crippen MR) is 161 cm³/mol. The summed E-state index contributed by atoms with van der Waals surface area (Å²) in [7, 11) is -4.58. The SMILES string of the molecule is CCC(F)(F)CS(=O)(=O)Nc1c(F)c(C)c(Oc2ncccc2-c2ccnc(N[C@@H]3CNC[C@H](C)C3)n2)c2ccccc12. The first-order valence-corrected chi connectivity index (χ1v) is 15.6. The lowest BCUT2D eigenvalue weighted by molar-refractivity contribution is 0.0219. The van der Waals surface area contributed by atoms with Gasteiger partial charge in [-0.15, -0.1) is 0 Å². The van der Waals surface area contributed by atoms with Crippen LogP contribution in [0.15, 0.2) is 54.9 Å². The minimum atomic E-state index is -4.58. The highest BCUT2D eigenvalue weighted by Crippen LogP contribution is 2.42. The number of alkyl halides is 2. The first kappa shape index (κ1) is 30.5. The van der Waals surface area contributed by atoms with Gasteiger partial charge < -0.3 is 15.4 Å². The molecule has 43 heavy (non-hydrogen) atoms. The molecule has 3 N–H and O–H groups in total. The van der Waals surface area contributed by atoms with Gasteiger partial charge in [0.1, 0.15) is 11.5 Å². The number of pyridine rings is 1. The number of rotatable bonds is 10. The van der Waals surface area contributed by atoms with E-state index in [4.69, 9.17) is 4.74 Å². The van der Waals surface area contributed by atoms with Crippen molar-refractivity contribution in [3.05, 3.63) is 66.2 Å². The molecule has 1 fully saturated rings. The maximum absolute atomic E-state index is 15.8. The predicted octanol–water partition coefficient (Wildman–Crippen LogP) is 6.13. The molecule has 0 saturated carbocycles. The number of hydrogen-bond donors (Lipinski definition) is 3. The van der Waals surface area contributed by atoms with E-state index in [9.17, 15) is 17.2 Å². The van der Waals surface area contributed by atoms with Gasteiger partial charge in [0.25, 0.3) is 5.92 Å². The highest BCUT2D eigenvalue weighted by atomic mass is 32.2. The number of anilines is 2. The summed E-state index contributed by atoms with van der Waals surface area (Å²) in [6.07, 6.45) is 3.46. The number of fused-ring (bicyclic) bond motifs is 1. The van der Waals surface area contributed by atoms with Crippen LogP contribution in [-0.4, -0.2) is 54.2 Å². The fraction of sp³-hybridized carbons (Fsp3) is 0.367. The van der Waals surface area contributed by atoms with Gasteiger partial charge in [0.05, 0.1) is 16.9 Å². The number of nitrogens with one attached hydrogen (secondary N) is 3. The first-order chi connectivity index (χ1) is 20.5. The van der Waals surface area contributed by atoms with E-state index < -0.39 is 39.6 Å². The Morgan fingerprint density at radius 3 is 2.58 bits per heavy atom. The number of piperidine rings is 1. The number of ether oxygens (including phenoxy) is 1. The minimum Gasteiger partial charge on any atom is -0.437 e. The van der Waals surface area contributed by atoms with Crippen molar-refractivity contribution in [3.63, 3.8) is 0 Å². The number of hydrogen-bond acceptors (Lipinski definition) is 8. The molecule has 2 aromatic carbocycles. The maximum Gasteiger partial charge on any atom is 0.263 e. The van der Waals surface area contributed by atoms with Crippen LogP contribution in [0.25, 0.3) is 22.0 Å². The summed E-state index contributed by atoms with van der Waals surface area (Å²) in [5.74, 6) is -4.67. The van der Waals surface area contributed by atoms with E-state index in [0.717, 1.165) is 19.5 Å². The molecule has 0 bridgehead atoms. The lowest BCUT2D eigenvalue weighted by Crippen LogP contribution is -2.42. The molecule has 4 aromatic rings. The van der Waals surface area contributed by atoms with Crippen LogP contribution in [-0.2, 0) is 10.0 Å². The number of aromatic nitrogens is 3. The van der Waals surface area contributed by atoms with Gasteiger partial charge in [-0.05, 0) is 44.0 Å². The molecular formula is C30H33F3N6O3S. The van der Waals surface area contributed by atoms with Gasteiger partial charge in [0, 0.05) is 47.7 Å². The summed E-state index contributed by atoms with van der Waals surface area (Å²) in [4.78, 5) is 13.4. The monoisotopic (exact) mass is 614 g/mol. The van der Waals surface area contributed by atoms with Crippen LogP contribution in [0, 0.1) is 18.7 Å². The maximum atomic E-state index is 15.8. The Labute approximate surface area is 248 Å². The lowest BCUT2D eigenvalue weighted by Gasteiger charge is -2.28.